The van der Waals surface area contributed by atoms with Crippen LogP contribution in [0.2, 0.25) is 0 Å². The Morgan fingerprint density at radius 2 is 2.29 bits per heavy atom. The van der Waals surface area contributed by atoms with E-state index in [1.807, 2.05) is 6.92 Å². The first-order valence-electron chi connectivity index (χ1n) is 5.01. The van der Waals surface area contributed by atoms with Gasteiger partial charge in [0, 0.05) is 0 Å². The summed E-state index contributed by atoms with van der Waals surface area (Å²) in [7, 11) is 0. The first kappa shape index (κ1) is 14.1. The zero-order valence-corrected chi connectivity index (χ0v) is 11.6. The quantitative estimate of drug-likeness (QED) is 0.838. The van der Waals surface area contributed by atoms with Gasteiger partial charge < -0.3 is 11.1 Å². The molecule has 0 heterocycles. The Morgan fingerprint density at radius 3 is 2.82 bits per heavy atom. The fraction of sp³-hybridized carbons (Fsp3) is 0.273. The highest BCUT2D eigenvalue weighted by molar-refractivity contribution is 9.10. The van der Waals surface area contributed by atoms with Gasteiger partial charge in [-0.25, -0.2) is 4.39 Å². The normalized spacial score (nSPS) is 11.9. The van der Waals surface area contributed by atoms with Gasteiger partial charge in [-0.3, -0.25) is 4.79 Å². The zero-order valence-electron chi connectivity index (χ0n) is 9.17. The first-order chi connectivity index (χ1) is 7.97. The lowest BCUT2D eigenvalue weighted by Gasteiger charge is -2.15. The minimum Gasteiger partial charge on any atom is -0.392 e. The van der Waals surface area contributed by atoms with Crippen LogP contribution in [-0.4, -0.2) is 16.9 Å². The van der Waals surface area contributed by atoms with Gasteiger partial charge in [0.15, 0.2) is 0 Å². The lowest BCUT2D eigenvalue weighted by atomic mass is 10.1. The second kappa shape index (κ2) is 6.07. The molecule has 1 atom stereocenters. The van der Waals surface area contributed by atoms with Crippen LogP contribution in [0.3, 0.4) is 0 Å². The summed E-state index contributed by atoms with van der Waals surface area (Å²) in [6.07, 6.45) is 0.566. The highest BCUT2D eigenvalue weighted by Gasteiger charge is 2.18. The molecule has 0 saturated carbocycles. The first-order valence-corrected chi connectivity index (χ1v) is 6.21. The van der Waals surface area contributed by atoms with Crippen molar-refractivity contribution in [2.45, 2.75) is 19.4 Å². The number of hydrogen-bond donors (Lipinski definition) is 2. The molecule has 92 valence electrons. The van der Waals surface area contributed by atoms with E-state index < -0.39 is 17.8 Å². The van der Waals surface area contributed by atoms with Crippen LogP contribution in [0.1, 0.15) is 23.7 Å². The molecule has 0 saturated heterocycles. The lowest BCUT2D eigenvalue weighted by Crippen LogP contribution is -2.43. The number of nitrogens with one attached hydrogen (secondary N) is 1. The average Bonchev–Trinajstić information content (AvgIpc) is 2.28. The van der Waals surface area contributed by atoms with Crippen molar-refractivity contribution >= 4 is 39.0 Å². The third-order valence-corrected chi connectivity index (χ3v) is 3.15. The van der Waals surface area contributed by atoms with Crippen molar-refractivity contribution in [3.05, 3.63) is 34.1 Å². The summed E-state index contributed by atoms with van der Waals surface area (Å²) in [5.41, 5.74) is 5.42. The van der Waals surface area contributed by atoms with Crippen LogP contribution >= 0.6 is 28.1 Å². The number of thiocarbonyl (C=S) groups is 1. The number of nitrogens with two attached hydrogens (primary N) is 1. The Balaban J connectivity index is 2.90. The minimum absolute atomic E-state index is 0.0333. The molecule has 0 aliphatic carbocycles. The number of benzene rings is 1. The third-order valence-electron chi connectivity index (χ3n) is 2.25. The molecule has 3 nitrogen and oxygen atoms in total. The van der Waals surface area contributed by atoms with Gasteiger partial charge in [-0.1, -0.05) is 25.2 Å². The Morgan fingerprint density at radius 1 is 1.65 bits per heavy atom. The van der Waals surface area contributed by atoms with E-state index in [0.717, 1.165) is 0 Å². The topological polar surface area (TPSA) is 55.1 Å². The molecule has 0 aromatic heterocycles. The molecule has 0 aliphatic rings. The summed E-state index contributed by atoms with van der Waals surface area (Å²) in [4.78, 5) is 12.0. The number of amides is 1. The minimum atomic E-state index is -0.595. The van der Waals surface area contributed by atoms with Gasteiger partial charge in [0.1, 0.15) is 5.82 Å². The molecular weight excluding hydrogens is 307 g/mol. The molecule has 1 aromatic rings. The Labute approximate surface area is 113 Å². The van der Waals surface area contributed by atoms with Crippen molar-refractivity contribution in [3.8, 4) is 0 Å². The van der Waals surface area contributed by atoms with Crippen molar-refractivity contribution in [2.24, 2.45) is 5.73 Å². The average molecular weight is 319 g/mol. The van der Waals surface area contributed by atoms with Crippen LogP contribution < -0.4 is 11.1 Å². The molecule has 0 fully saturated rings. The van der Waals surface area contributed by atoms with Crippen LogP contribution in [0, 0.1) is 5.82 Å². The predicted molar refractivity (Wildman–Crippen MR) is 72.4 cm³/mol. The second-order valence-electron chi connectivity index (χ2n) is 3.44. The second-order valence-corrected chi connectivity index (χ2v) is 4.76. The Bertz CT molecular complexity index is 453. The fourth-order valence-corrected chi connectivity index (χ4v) is 1.88. The third kappa shape index (κ3) is 3.47. The van der Waals surface area contributed by atoms with Crippen LogP contribution in [0.25, 0.3) is 0 Å². The van der Waals surface area contributed by atoms with Gasteiger partial charge >= 0.3 is 0 Å². The largest absolute Gasteiger partial charge is 0.392 e. The molecule has 3 N–H and O–H groups in total. The number of rotatable bonds is 4. The maximum atomic E-state index is 13.6. The van der Waals surface area contributed by atoms with Gasteiger partial charge in [-0.15, -0.1) is 0 Å². The molecule has 0 spiro atoms. The molecule has 1 unspecified atom stereocenters. The van der Waals surface area contributed by atoms with E-state index in [9.17, 15) is 9.18 Å². The van der Waals surface area contributed by atoms with Gasteiger partial charge in [0.25, 0.3) is 5.91 Å². The Kier molecular flexibility index (Phi) is 5.02. The predicted octanol–water partition coefficient (Wildman–Crippen LogP) is 2.38. The molecule has 0 aliphatic heterocycles. The van der Waals surface area contributed by atoms with Crippen molar-refractivity contribution in [2.75, 3.05) is 0 Å². The summed E-state index contributed by atoms with van der Waals surface area (Å²) in [5.74, 6) is -1.12. The number of hydrogen-bond acceptors (Lipinski definition) is 2. The van der Waals surface area contributed by atoms with E-state index in [0.29, 0.717) is 6.42 Å². The molecular formula is C11H12BrFN2OS. The summed E-state index contributed by atoms with van der Waals surface area (Å²) in [6, 6.07) is 4.10. The van der Waals surface area contributed by atoms with E-state index in [1.54, 1.807) is 6.07 Å². The highest BCUT2D eigenvalue weighted by Crippen LogP contribution is 2.18. The Hall–Kier alpha value is -1.01. The van der Waals surface area contributed by atoms with Crippen molar-refractivity contribution in [1.82, 2.24) is 5.32 Å². The van der Waals surface area contributed by atoms with Crippen LogP contribution in [0.15, 0.2) is 22.7 Å². The van der Waals surface area contributed by atoms with Crippen molar-refractivity contribution in [3.63, 3.8) is 0 Å². The fourth-order valence-electron chi connectivity index (χ4n) is 1.29. The van der Waals surface area contributed by atoms with E-state index in [4.69, 9.17) is 18.0 Å². The maximum absolute atomic E-state index is 13.6. The standard InChI is InChI=1S/C11H12BrFN2OS/c1-2-8(10(14)17)15-11(16)6-4-3-5-7(12)9(6)13/h3-5,8H,2H2,1H3,(H2,14,17)(H,15,16). The molecule has 17 heavy (non-hydrogen) atoms. The van der Waals surface area contributed by atoms with E-state index in [-0.39, 0.29) is 15.0 Å². The van der Waals surface area contributed by atoms with Crippen molar-refractivity contribution in [1.29, 1.82) is 0 Å². The molecule has 1 amide bonds. The number of carbonyl (C=O) groups excluding carboxylic acids is 1. The summed E-state index contributed by atoms with van der Waals surface area (Å²) < 4.78 is 13.9. The monoisotopic (exact) mass is 318 g/mol. The van der Waals surface area contributed by atoms with Crippen LogP contribution in [-0.2, 0) is 0 Å². The molecule has 1 aromatic carbocycles. The van der Waals surface area contributed by atoms with E-state index >= 15 is 0 Å². The molecule has 6 heteroatoms. The van der Waals surface area contributed by atoms with Crippen LogP contribution in [0.5, 0.6) is 0 Å². The van der Waals surface area contributed by atoms with Gasteiger partial charge in [0.2, 0.25) is 0 Å². The smallest absolute Gasteiger partial charge is 0.254 e. The zero-order chi connectivity index (χ0) is 13.0. The molecule has 0 radical (unpaired) electrons. The van der Waals surface area contributed by atoms with Crippen molar-refractivity contribution < 1.29 is 9.18 Å². The van der Waals surface area contributed by atoms with Gasteiger partial charge in [-0.05, 0) is 34.5 Å². The van der Waals surface area contributed by atoms with Crippen LogP contribution in [0.4, 0.5) is 4.39 Å². The summed E-state index contributed by atoms with van der Waals surface area (Å²) >= 11 is 7.82. The maximum Gasteiger partial charge on any atom is 0.254 e. The summed E-state index contributed by atoms with van der Waals surface area (Å²) in [5, 5.41) is 2.58. The lowest BCUT2D eigenvalue weighted by molar-refractivity contribution is 0.0942. The van der Waals surface area contributed by atoms with Gasteiger partial charge in [-0.2, -0.15) is 0 Å². The molecule has 0 bridgehead atoms. The highest BCUT2D eigenvalue weighted by atomic mass is 79.9. The number of halogens is 2. The number of carbonyl (C=O) groups is 1. The molecule has 1 rings (SSSR count). The SMILES string of the molecule is CCC(NC(=O)c1cccc(Br)c1F)C(N)=S. The van der Waals surface area contributed by atoms with Gasteiger partial charge in [0.05, 0.1) is 21.1 Å². The van der Waals surface area contributed by atoms with E-state index in [2.05, 4.69) is 21.2 Å². The summed E-state index contributed by atoms with van der Waals surface area (Å²) in [6.45, 7) is 1.83. The van der Waals surface area contributed by atoms with E-state index in [1.165, 1.54) is 12.1 Å².